The predicted molar refractivity (Wildman–Crippen MR) is 154 cm³/mol. The van der Waals surface area contributed by atoms with Crippen LogP contribution in [-0.2, 0) is 17.9 Å². The summed E-state index contributed by atoms with van der Waals surface area (Å²) in [5.74, 6) is 0.774. The fourth-order valence-corrected chi connectivity index (χ4v) is 5.91. The van der Waals surface area contributed by atoms with E-state index in [0.717, 1.165) is 16.3 Å². The van der Waals surface area contributed by atoms with Gasteiger partial charge in [-0.2, -0.15) is 0 Å². The Morgan fingerprint density at radius 1 is 0.921 bits per heavy atom. The first-order chi connectivity index (χ1) is 17.5. The Hall–Kier alpha value is -3.09. The standard InChI is InChI=1S/C32H39NO5/c1-30(2,3)19-12-16-11-18-21(14-17(16)13-20(19)31(4,5)6)33(9)26-24(27(18)34)22(37-10)15-23-25(26)28(35)29(36)32(7,8)38-23/h11-15,28-29,35-36H,1-10H3. The maximum atomic E-state index is 14.1. The van der Waals surface area contributed by atoms with E-state index in [-0.39, 0.29) is 16.3 Å². The van der Waals surface area contributed by atoms with Gasteiger partial charge in [0.05, 0.1) is 29.1 Å². The molecule has 0 fully saturated rings. The van der Waals surface area contributed by atoms with Crippen molar-refractivity contribution in [2.24, 2.45) is 7.05 Å². The van der Waals surface area contributed by atoms with Crippen molar-refractivity contribution in [2.75, 3.05) is 7.11 Å². The highest BCUT2D eigenvalue weighted by Crippen LogP contribution is 2.46. The monoisotopic (exact) mass is 517 g/mol. The van der Waals surface area contributed by atoms with Crippen molar-refractivity contribution < 1.29 is 19.7 Å². The summed E-state index contributed by atoms with van der Waals surface area (Å²) in [5, 5.41) is 25.1. The zero-order chi connectivity index (χ0) is 28.1. The van der Waals surface area contributed by atoms with Crippen molar-refractivity contribution in [1.29, 1.82) is 0 Å². The second-order valence-electron chi connectivity index (χ2n) is 13.3. The van der Waals surface area contributed by atoms with Gasteiger partial charge in [0.1, 0.15) is 29.3 Å². The minimum Gasteiger partial charge on any atom is -0.496 e. The predicted octanol–water partition coefficient (Wildman–Crippen LogP) is 6.01. The molecule has 0 amide bonds. The highest BCUT2D eigenvalue weighted by atomic mass is 16.5. The molecule has 1 aromatic heterocycles. The Morgan fingerprint density at radius 2 is 1.47 bits per heavy atom. The average Bonchev–Trinajstić information content (AvgIpc) is 2.81. The van der Waals surface area contributed by atoms with Crippen LogP contribution in [0.5, 0.6) is 11.5 Å². The summed E-state index contributed by atoms with van der Waals surface area (Å²) in [6, 6.07) is 10.1. The maximum absolute atomic E-state index is 14.1. The van der Waals surface area contributed by atoms with Crippen LogP contribution in [-0.4, -0.2) is 33.6 Å². The van der Waals surface area contributed by atoms with E-state index in [4.69, 9.17) is 9.47 Å². The van der Waals surface area contributed by atoms with E-state index in [9.17, 15) is 15.0 Å². The van der Waals surface area contributed by atoms with Gasteiger partial charge in [-0.1, -0.05) is 53.7 Å². The third kappa shape index (κ3) is 3.80. The molecule has 0 bridgehead atoms. The molecule has 2 heterocycles. The first kappa shape index (κ1) is 26.5. The molecule has 2 atom stereocenters. The molecule has 2 unspecified atom stereocenters. The molecule has 3 aromatic carbocycles. The fraction of sp³-hybridized carbons (Fsp3) is 0.469. The molecule has 0 saturated carbocycles. The molecule has 5 rings (SSSR count). The molecule has 6 nitrogen and oxygen atoms in total. The van der Waals surface area contributed by atoms with Crippen LogP contribution in [0.15, 0.2) is 35.1 Å². The number of rotatable bonds is 1. The van der Waals surface area contributed by atoms with Crippen LogP contribution in [0.4, 0.5) is 0 Å². The fourth-order valence-electron chi connectivity index (χ4n) is 5.91. The van der Waals surface area contributed by atoms with Crippen LogP contribution in [0.2, 0.25) is 0 Å². The minimum atomic E-state index is -1.23. The molecular formula is C32H39NO5. The molecule has 0 radical (unpaired) electrons. The first-order valence-corrected chi connectivity index (χ1v) is 13.2. The summed E-state index contributed by atoms with van der Waals surface area (Å²) in [4.78, 5) is 14.1. The number of aromatic nitrogens is 1. The van der Waals surface area contributed by atoms with Gasteiger partial charge < -0.3 is 24.3 Å². The van der Waals surface area contributed by atoms with Crippen LogP contribution in [0.25, 0.3) is 32.6 Å². The molecule has 6 heteroatoms. The SMILES string of the molecule is COc1cc2c(c3c1c(=O)c1cc4cc(C(C)(C)C)c(C(C)(C)C)cc4cc1n3C)C(O)C(O)C(C)(C)O2. The Labute approximate surface area is 223 Å². The van der Waals surface area contributed by atoms with Gasteiger partial charge >= 0.3 is 0 Å². The van der Waals surface area contributed by atoms with Crippen molar-refractivity contribution in [3.05, 3.63) is 57.2 Å². The number of aliphatic hydroxyl groups is 2. The highest BCUT2D eigenvalue weighted by molar-refractivity contribution is 6.04. The number of nitrogens with zero attached hydrogens (tertiary/aromatic N) is 1. The summed E-state index contributed by atoms with van der Waals surface area (Å²) >= 11 is 0. The Kier molecular flexibility index (Phi) is 5.72. The molecule has 202 valence electrons. The van der Waals surface area contributed by atoms with Crippen LogP contribution < -0.4 is 14.9 Å². The van der Waals surface area contributed by atoms with Gasteiger partial charge in [-0.05, 0) is 58.7 Å². The van der Waals surface area contributed by atoms with Crippen molar-refractivity contribution in [3.8, 4) is 11.5 Å². The number of hydrogen-bond acceptors (Lipinski definition) is 5. The van der Waals surface area contributed by atoms with Gasteiger partial charge in [0, 0.05) is 18.5 Å². The lowest BCUT2D eigenvalue weighted by Crippen LogP contribution is -2.49. The van der Waals surface area contributed by atoms with E-state index < -0.39 is 17.8 Å². The molecule has 4 aromatic rings. The summed E-state index contributed by atoms with van der Waals surface area (Å²) in [6.07, 6.45) is -2.40. The maximum Gasteiger partial charge on any atom is 0.201 e. The number of methoxy groups -OCH3 is 1. The van der Waals surface area contributed by atoms with Gasteiger partial charge in [0.2, 0.25) is 5.43 Å². The zero-order valence-electron chi connectivity index (χ0n) is 24.1. The van der Waals surface area contributed by atoms with Crippen LogP contribution in [0.1, 0.15) is 78.2 Å². The molecule has 1 aliphatic heterocycles. The van der Waals surface area contributed by atoms with Crippen molar-refractivity contribution in [3.63, 3.8) is 0 Å². The van der Waals surface area contributed by atoms with E-state index in [1.807, 2.05) is 17.7 Å². The largest absolute Gasteiger partial charge is 0.496 e. The van der Waals surface area contributed by atoms with Gasteiger partial charge in [-0.25, -0.2) is 0 Å². The molecule has 1 aliphatic rings. The third-order valence-electron chi connectivity index (χ3n) is 8.04. The van der Waals surface area contributed by atoms with Crippen LogP contribution >= 0.6 is 0 Å². The van der Waals surface area contributed by atoms with E-state index in [2.05, 4.69) is 59.7 Å². The van der Waals surface area contributed by atoms with Crippen molar-refractivity contribution >= 4 is 32.6 Å². The zero-order valence-corrected chi connectivity index (χ0v) is 24.1. The van der Waals surface area contributed by atoms with Gasteiger partial charge in [0.15, 0.2) is 0 Å². The van der Waals surface area contributed by atoms with E-state index in [0.29, 0.717) is 33.4 Å². The number of benzene rings is 3. The average molecular weight is 518 g/mol. The van der Waals surface area contributed by atoms with Gasteiger partial charge in [-0.3, -0.25) is 4.79 Å². The molecule has 0 saturated heterocycles. The number of pyridine rings is 1. The molecule has 38 heavy (non-hydrogen) atoms. The third-order valence-corrected chi connectivity index (χ3v) is 8.04. The molecule has 0 spiro atoms. The van der Waals surface area contributed by atoms with Crippen molar-refractivity contribution in [2.45, 2.75) is 84.0 Å². The normalized spacial score (nSPS) is 19.6. The lowest BCUT2D eigenvalue weighted by atomic mass is 9.74. The molecular weight excluding hydrogens is 478 g/mol. The number of aryl methyl sites for hydroxylation is 1. The summed E-state index contributed by atoms with van der Waals surface area (Å²) in [6.45, 7) is 16.8. The van der Waals surface area contributed by atoms with Gasteiger partial charge in [0.25, 0.3) is 0 Å². The lowest BCUT2D eigenvalue weighted by Gasteiger charge is -2.40. The lowest BCUT2D eigenvalue weighted by molar-refractivity contribution is -0.111. The number of aliphatic hydroxyl groups excluding tert-OH is 2. The second-order valence-corrected chi connectivity index (χ2v) is 13.3. The first-order valence-electron chi connectivity index (χ1n) is 13.2. The van der Waals surface area contributed by atoms with Crippen molar-refractivity contribution in [1.82, 2.24) is 4.57 Å². The Bertz CT molecular complexity index is 1680. The number of fused-ring (bicyclic) bond motifs is 5. The minimum absolute atomic E-state index is 0.0577. The quantitative estimate of drug-likeness (QED) is 0.302. The summed E-state index contributed by atoms with van der Waals surface area (Å²) < 4.78 is 13.7. The van der Waals surface area contributed by atoms with E-state index in [1.54, 1.807) is 19.9 Å². The summed E-state index contributed by atoms with van der Waals surface area (Å²) in [5.41, 5.74) is 2.86. The van der Waals surface area contributed by atoms with Crippen LogP contribution in [0.3, 0.4) is 0 Å². The summed E-state index contributed by atoms with van der Waals surface area (Å²) in [7, 11) is 3.40. The van der Waals surface area contributed by atoms with E-state index >= 15 is 0 Å². The second kappa shape index (κ2) is 8.20. The highest BCUT2D eigenvalue weighted by Gasteiger charge is 2.44. The smallest absolute Gasteiger partial charge is 0.201 e. The molecule has 0 aliphatic carbocycles. The Morgan fingerprint density at radius 3 is 2.00 bits per heavy atom. The Balaban J connectivity index is 1.96. The van der Waals surface area contributed by atoms with E-state index in [1.165, 1.54) is 18.2 Å². The topological polar surface area (TPSA) is 80.9 Å². The van der Waals surface area contributed by atoms with Gasteiger partial charge in [-0.15, -0.1) is 0 Å². The molecule has 2 N–H and O–H groups in total. The number of ether oxygens (including phenoxy) is 2. The van der Waals surface area contributed by atoms with Crippen LogP contribution in [0, 0.1) is 0 Å². The number of hydrogen-bond donors (Lipinski definition) is 2.